The van der Waals surface area contributed by atoms with Crippen LogP contribution in [0.2, 0.25) is 0 Å². The molecule has 0 radical (unpaired) electrons. The quantitative estimate of drug-likeness (QED) is 0.179. The Morgan fingerprint density at radius 3 is 2.50 bits per heavy atom. The number of halogens is 1. The molecule has 4 aromatic heterocycles. The molecule has 0 aliphatic carbocycles. The highest BCUT2D eigenvalue weighted by atomic mass is 32.1. The van der Waals surface area contributed by atoms with Gasteiger partial charge in [-0.05, 0) is 73.9 Å². The van der Waals surface area contributed by atoms with E-state index in [4.69, 9.17) is 10.5 Å². The molecule has 3 N–H and O–H groups in total. The number of hydrogen-bond acceptors (Lipinski definition) is 9. The fourth-order valence-corrected chi connectivity index (χ4v) is 6.16. The summed E-state index contributed by atoms with van der Waals surface area (Å²) in [4.78, 5) is 34.7. The van der Waals surface area contributed by atoms with Gasteiger partial charge in [-0.2, -0.15) is 0 Å². The number of benzene rings is 2. The first-order valence-corrected chi connectivity index (χ1v) is 14.3. The van der Waals surface area contributed by atoms with Crippen molar-refractivity contribution in [3.05, 3.63) is 103 Å². The van der Waals surface area contributed by atoms with Gasteiger partial charge in [0, 0.05) is 57.6 Å². The third-order valence-corrected chi connectivity index (χ3v) is 8.12. The molecule has 0 aliphatic rings. The predicted molar refractivity (Wildman–Crippen MR) is 171 cm³/mol. The maximum absolute atomic E-state index is 15.6. The third-order valence-electron chi connectivity index (χ3n) is 6.86. The number of nitrogen functional groups attached to an aromatic ring is 1. The Bertz CT molecular complexity index is 2080. The number of rotatable bonds is 7. The van der Waals surface area contributed by atoms with E-state index in [-0.39, 0.29) is 23.5 Å². The van der Waals surface area contributed by atoms with Crippen LogP contribution in [0.15, 0.2) is 85.5 Å². The van der Waals surface area contributed by atoms with Crippen LogP contribution in [0, 0.1) is 19.7 Å². The third kappa shape index (κ3) is 5.48. The summed E-state index contributed by atoms with van der Waals surface area (Å²) in [6, 6.07) is 13.8. The molecule has 6 aromatic rings. The van der Waals surface area contributed by atoms with E-state index in [1.807, 2.05) is 25.1 Å². The van der Waals surface area contributed by atoms with E-state index < -0.39 is 5.82 Å². The number of pyridine rings is 1. The van der Waals surface area contributed by atoms with Crippen molar-refractivity contribution in [3.8, 4) is 44.7 Å². The molecule has 11 heteroatoms. The monoisotopic (exact) mass is 603 g/mol. The van der Waals surface area contributed by atoms with Crippen molar-refractivity contribution in [2.24, 2.45) is 0 Å². The molecule has 44 heavy (non-hydrogen) atoms. The number of hydrogen-bond donors (Lipinski definition) is 2. The molecule has 0 fully saturated rings. The lowest BCUT2D eigenvalue weighted by Crippen LogP contribution is -2.11. The van der Waals surface area contributed by atoms with Crippen molar-refractivity contribution in [1.82, 2.24) is 24.9 Å². The Morgan fingerprint density at radius 2 is 1.80 bits per heavy atom. The first-order valence-electron chi connectivity index (χ1n) is 13.5. The molecule has 4 heterocycles. The summed E-state index contributed by atoms with van der Waals surface area (Å²) in [7, 11) is 0. The normalized spacial score (nSPS) is 11.0. The Hall–Kier alpha value is -5.55. The minimum absolute atomic E-state index is 0.0151. The van der Waals surface area contributed by atoms with Gasteiger partial charge in [-0.1, -0.05) is 18.7 Å². The summed E-state index contributed by atoms with van der Waals surface area (Å²) in [6.45, 7) is 9.10. The van der Waals surface area contributed by atoms with Crippen molar-refractivity contribution in [2.45, 2.75) is 20.8 Å². The number of ether oxygens (including phenoxy) is 1. The molecule has 0 saturated heterocycles. The summed E-state index contributed by atoms with van der Waals surface area (Å²) in [6.07, 6.45) is 6.52. The Morgan fingerprint density at radius 1 is 1.00 bits per heavy atom. The number of aryl methyl sites for hydroxylation is 2. The standard InChI is InChI=1S/C33H26FN7O2S/c1-17(2)32(42)41-21-7-8-22(18(3)14-21)28-26(20-6-9-25(24(34)15-20)43-33-38-13-10-19(4)40-33)27-29(44-28)23(16-39-30(27)35)31-36-11-5-12-37-31/h5-16H,1H2,2-4H3,(H2,35,39)(H,41,42). The van der Waals surface area contributed by atoms with E-state index in [9.17, 15) is 4.79 Å². The van der Waals surface area contributed by atoms with Gasteiger partial charge in [0.1, 0.15) is 5.82 Å². The van der Waals surface area contributed by atoms with E-state index >= 15 is 4.39 Å². The fraction of sp³-hybridized carbons (Fsp3) is 0.0909. The van der Waals surface area contributed by atoms with Crippen molar-refractivity contribution in [2.75, 3.05) is 11.1 Å². The van der Waals surface area contributed by atoms with Gasteiger partial charge in [-0.25, -0.2) is 29.3 Å². The molecule has 0 saturated carbocycles. The van der Waals surface area contributed by atoms with Gasteiger partial charge < -0.3 is 15.8 Å². The SMILES string of the molecule is C=C(C)C(=O)Nc1ccc(-c2sc3c(-c4ncccn4)cnc(N)c3c2-c2ccc(Oc3nccc(C)n3)c(F)c2)c(C)c1. The van der Waals surface area contributed by atoms with Gasteiger partial charge in [0.15, 0.2) is 17.4 Å². The highest BCUT2D eigenvalue weighted by molar-refractivity contribution is 7.23. The second kappa shape index (κ2) is 11.6. The molecule has 0 unspecified atom stereocenters. The van der Waals surface area contributed by atoms with Gasteiger partial charge in [-0.3, -0.25) is 4.79 Å². The lowest BCUT2D eigenvalue weighted by Gasteiger charge is -2.12. The number of thiophene rings is 1. The van der Waals surface area contributed by atoms with Crippen LogP contribution >= 0.6 is 11.3 Å². The van der Waals surface area contributed by atoms with Crippen LogP contribution in [-0.2, 0) is 4.79 Å². The highest BCUT2D eigenvalue weighted by Crippen LogP contribution is 2.50. The Kier molecular flexibility index (Phi) is 7.54. The molecule has 0 aliphatic heterocycles. The smallest absolute Gasteiger partial charge is 0.322 e. The average molecular weight is 604 g/mol. The zero-order valence-electron chi connectivity index (χ0n) is 24.1. The summed E-state index contributed by atoms with van der Waals surface area (Å²) in [5.41, 5.74) is 12.0. The number of aromatic nitrogens is 5. The van der Waals surface area contributed by atoms with Gasteiger partial charge in [0.2, 0.25) is 0 Å². The molecule has 0 bridgehead atoms. The molecular formula is C33H26FN7O2S. The predicted octanol–water partition coefficient (Wildman–Crippen LogP) is 7.52. The fourth-order valence-electron chi connectivity index (χ4n) is 4.73. The number of anilines is 2. The van der Waals surface area contributed by atoms with Crippen LogP contribution < -0.4 is 15.8 Å². The number of nitrogens with zero attached hydrogens (tertiary/aromatic N) is 5. The molecule has 9 nitrogen and oxygen atoms in total. The van der Waals surface area contributed by atoms with Crippen molar-refractivity contribution >= 4 is 38.8 Å². The number of amides is 1. The molecule has 2 aromatic carbocycles. The summed E-state index contributed by atoms with van der Waals surface area (Å²) in [5.74, 6) is -0.0961. The van der Waals surface area contributed by atoms with Crippen LogP contribution in [0.5, 0.6) is 11.8 Å². The number of nitrogens with two attached hydrogens (primary N) is 1. The number of nitrogens with one attached hydrogen (secondary N) is 1. The van der Waals surface area contributed by atoms with Crippen molar-refractivity contribution in [1.29, 1.82) is 0 Å². The molecule has 1 amide bonds. The van der Waals surface area contributed by atoms with Crippen LogP contribution in [0.1, 0.15) is 18.2 Å². The van der Waals surface area contributed by atoms with Gasteiger partial charge in [0.25, 0.3) is 5.91 Å². The minimum atomic E-state index is -0.596. The number of carbonyl (C=O) groups is 1. The van der Waals surface area contributed by atoms with Crippen molar-refractivity contribution < 1.29 is 13.9 Å². The zero-order valence-corrected chi connectivity index (χ0v) is 24.9. The molecule has 218 valence electrons. The topological polar surface area (TPSA) is 129 Å². The lowest BCUT2D eigenvalue weighted by atomic mass is 9.96. The summed E-state index contributed by atoms with van der Waals surface area (Å²) < 4.78 is 22.1. The first kappa shape index (κ1) is 28.6. The van der Waals surface area contributed by atoms with Gasteiger partial charge in [0.05, 0.1) is 10.3 Å². The second-order valence-electron chi connectivity index (χ2n) is 10.1. The summed E-state index contributed by atoms with van der Waals surface area (Å²) >= 11 is 1.49. The number of fused-ring (bicyclic) bond motifs is 1. The van der Waals surface area contributed by atoms with E-state index in [0.29, 0.717) is 44.9 Å². The van der Waals surface area contributed by atoms with Gasteiger partial charge >= 0.3 is 6.01 Å². The largest absolute Gasteiger partial charge is 0.421 e. The Balaban J connectivity index is 1.54. The van der Waals surface area contributed by atoms with E-state index in [0.717, 1.165) is 20.7 Å². The maximum atomic E-state index is 15.6. The zero-order chi connectivity index (χ0) is 31.0. The van der Waals surface area contributed by atoms with Crippen LogP contribution in [-0.4, -0.2) is 30.8 Å². The average Bonchev–Trinajstić information content (AvgIpc) is 3.40. The van der Waals surface area contributed by atoms with Crippen LogP contribution in [0.4, 0.5) is 15.9 Å². The molecule has 0 atom stereocenters. The van der Waals surface area contributed by atoms with Crippen molar-refractivity contribution in [3.63, 3.8) is 0 Å². The molecular weight excluding hydrogens is 577 g/mol. The van der Waals surface area contributed by atoms with E-state index in [1.165, 1.54) is 17.4 Å². The second-order valence-corrected chi connectivity index (χ2v) is 11.2. The molecule has 6 rings (SSSR count). The summed E-state index contributed by atoms with van der Waals surface area (Å²) in [5, 5.41) is 3.51. The Labute approximate surface area is 256 Å². The first-order chi connectivity index (χ1) is 21.2. The van der Waals surface area contributed by atoms with Crippen LogP contribution in [0.25, 0.3) is 43.0 Å². The van der Waals surface area contributed by atoms with Crippen LogP contribution in [0.3, 0.4) is 0 Å². The lowest BCUT2D eigenvalue weighted by molar-refractivity contribution is -0.112. The molecule has 0 spiro atoms. The minimum Gasteiger partial charge on any atom is -0.421 e. The van der Waals surface area contributed by atoms with Gasteiger partial charge in [-0.15, -0.1) is 11.3 Å². The highest BCUT2D eigenvalue weighted by Gasteiger charge is 2.24. The van der Waals surface area contributed by atoms with E-state index in [1.54, 1.807) is 62.9 Å². The number of carbonyl (C=O) groups excluding carboxylic acids is 1. The maximum Gasteiger partial charge on any atom is 0.322 e. The van der Waals surface area contributed by atoms with E-state index in [2.05, 4.69) is 36.8 Å².